The van der Waals surface area contributed by atoms with E-state index in [2.05, 4.69) is 0 Å². The fourth-order valence-electron chi connectivity index (χ4n) is 2.71. The molecule has 7 nitrogen and oxygen atoms in total. The summed E-state index contributed by atoms with van der Waals surface area (Å²) in [5, 5.41) is 11.2. The van der Waals surface area contributed by atoms with E-state index < -0.39 is 10.9 Å². The molecule has 26 heavy (non-hydrogen) atoms. The summed E-state index contributed by atoms with van der Waals surface area (Å²) in [4.78, 5) is 38.1. The number of rotatable bonds is 4. The van der Waals surface area contributed by atoms with Crippen molar-refractivity contribution in [1.82, 2.24) is 0 Å². The lowest BCUT2D eigenvalue weighted by molar-refractivity contribution is -0.384. The van der Waals surface area contributed by atoms with Crippen LogP contribution in [0.4, 0.5) is 11.4 Å². The molecule has 3 rings (SSSR count). The number of fused-ring (bicyclic) bond motifs is 1. The van der Waals surface area contributed by atoms with Crippen LogP contribution in [0.15, 0.2) is 47.4 Å². The van der Waals surface area contributed by atoms with E-state index in [1.165, 1.54) is 12.1 Å². The molecule has 1 heterocycles. The number of carbonyl (C=O) groups is 2. The Morgan fingerprint density at radius 1 is 1.23 bits per heavy atom. The van der Waals surface area contributed by atoms with Crippen molar-refractivity contribution >= 4 is 35.0 Å². The zero-order valence-corrected chi connectivity index (χ0v) is 14.8. The monoisotopic (exact) mass is 372 g/mol. The molecule has 2 aromatic carbocycles. The number of nitro groups is 1. The molecule has 8 heteroatoms. The number of carbonyl (C=O) groups excluding carboxylic acids is 2. The molecule has 0 aliphatic carbocycles. The molecule has 0 radical (unpaired) electrons. The Kier molecular flexibility index (Phi) is 5.22. The van der Waals surface area contributed by atoms with Gasteiger partial charge in [0.1, 0.15) is 0 Å². The SMILES string of the molecule is CCOC(=O)c1cc(C(=O)N2CCSc3ccccc32)cc([N+](=O)[O-])c1. The summed E-state index contributed by atoms with van der Waals surface area (Å²) >= 11 is 1.65. The molecule has 134 valence electrons. The Morgan fingerprint density at radius 3 is 2.69 bits per heavy atom. The molecular formula is C18H16N2O5S. The zero-order valence-electron chi connectivity index (χ0n) is 14.0. The highest BCUT2D eigenvalue weighted by Gasteiger charge is 2.26. The Hall–Kier alpha value is -2.87. The van der Waals surface area contributed by atoms with Crippen molar-refractivity contribution in [3.63, 3.8) is 0 Å². The van der Waals surface area contributed by atoms with Gasteiger partial charge in [0, 0.05) is 34.9 Å². The molecule has 0 bridgehead atoms. The average molecular weight is 372 g/mol. The summed E-state index contributed by atoms with van der Waals surface area (Å²) in [6.07, 6.45) is 0. The molecule has 1 aliphatic rings. The van der Waals surface area contributed by atoms with E-state index in [0.29, 0.717) is 6.54 Å². The van der Waals surface area contributed by atoms with Crippen molar-refractivity contribution in [2.45, 2.75) is 11.8 Å². The number of anilines is 1. The van der Waals surface area contributed by atoms with Crippen molar-refractivity contribution in [2.24, 2.45) is 0 Å². The molecule has 0 N–H and O–H groups in total. The van der Waals surface area contributed by atoms with Crippen molar-refractivity contribution in [3.05, 3.63) is 63.7 Å². The van der Waals surface area contributed by atoms with E-state index in [4.69, 9.17) is 4.74 Å². The normalized spacial score (nSPS) is 13.0. The molecule has 0 spiro atoms. The Bertz CT molecular complexity index is 884. The standard InChI is InChI=1S/C18H16N2O5S/c1-2-25-18(22)13-9-12(10-14(11-13)20(23)24)17(21)19-7-8-26-16-6-4-3-5-15(16)19/h3-6,9-11H,2,7-8H2,1H3. The summed E-state index contributed by atoms with van der Waals surface area (Å²) in [6.45, 7) is 2.27. The lowest BCUT2D eigenvalue weighted by Crippen LogP contribution is -2.35. The summed E-state index contributed by atoms with van der Waals surface area (Å²) in [7, 11) is 0. The number of benzene rings is 2. The van der Waals surface area contributed by atoms with Gasteiger partial charge in [-0.1, -0.05) is 12.1 Å². The number of hydrogen-bond donors (Lipinski definition) is 0. The first-order chi connectivity index (χ1) is 12.5. The molecule has 0 saturated heterocycles. The first-order valence-electron chi connectivity index (χ1n) is 8.01. The smallest absolute Gasteiger partial charge is 0.338 e. The molecule has 1 amide bonds. The van der Waals surface area contributed by atoms with E-state index in [9.17, 15) is 19.7 Å². The van der Waals surface area contributed by atoms with Gasteiger partial charge in [0.25, 0.3) is 11.6 Å². The van der Waals surface area contributed by atoms with E-state index in [1.54, 1.807) is 23.6 Å². The van der Waals surface area contributed by atoms with E-state index in [-0.39, 0.29) is 29.3 Å². The Morgan fingerprint density at radius 2 is 1.96 bits per heavy atom. The number of ether oxygens (including phenoxy) is 1. The third-order valence-corrected chi connectivity index (χ3v) is 4.90. The minimum Gasteiger partial charge on any atom is -0.462 e. The number of non-ortho nitro benzene ring substituents is 1. The predicted molar refractivity (Wildman–Crippen MR) is 97.9 cm³/mol. The van der Waals surface area contributed by atoms with Crippen LogP contribution in [0.25, 0.3) is 0 Å². The van der Waals surface area contributed by atoms with E-state index in [1.807, 2.05) is 24.3 Å². The van der Waals surface area contributed by atoms with Crippen LogP contribution in [0, 0.1) is 10.1 Å². The van der Waals surface area contributed by atoms with Crippen LogP contribution in [-0.4, -0.2) is 35.7 Å². The number of hydrogen-bond acceptors (Lipinski definition) is 6. The van der Waals surface area contributed by atoms with Crippen LogP contribution in [-0.2, 0) is 4.74 Å². The second kappa shape index (κ2) is 7.57. The summed E-state index contributed by atoms with van der Waals surface area (Å²) < 4.78 is 4.91. The van der Waals surface area contributed by atoms with Gasteiger partial charge in [-0.15, -0.1) is 11.8 Å². The van der Waals surface area contributed by atoms with Gasteiger partial charge in [-0.3, -0.25) is 14.9 Å². The molecular weight excluding hydrogens is 356 g/mol. The molecule has 2 aromatic rings. The summed E-state index contributed by atoms with van der Waals surface area (Å²) in [5.74, 6) is -0.352. The van der Waals surface area contributed by atoms with Gasteiger partial charge in [0.15, 0.2) is 0 Å². The van der Waals surface area contributed by atoms with Crippen LogP contribution >= 0.6 is 11.8 Å². The van der Waals surface area contributed by atoms with E-state index >= 15 is 0 Å². The molecule has 0 atom stereocenters. The highest BCUT2D eigenvalue weighted by atomic mass is 32.2. The largest absolute Gasteiger partial charge is 0.462 e. The van der Waals surface area contributed by atoms with Crippen LogP contribution in [0.3, 0.4) is 0 Å². The number of amides is 1. The maximum absolute atomic E-state index is 13.0. The molecule has 0 fully saturated rings. The van der Waals surface area contributed by atoms with Gasteiger partial charge in [-0.25, -0.2) is 4.79 Å². The Balaban J connectivity index is 2.02. The maximum Gasteiger partial charge on any atom is 0.338 e. The van der Waals surface area contributed by atoms with Gasteiger partial charge in [0.05, 0.1) is 22.8 Å². The quantitative estimate of drug-likeness (QED) is 0.463. The highest BCUT2D eigenvalue weighted by Crippen LogP contribution is 2.35. The number of nitro benzene ring substituents is 1. The van der Waals surface area contributed by atoms with Gasteiger partial charge in [0.2, 0.25) is 0 Å². The Labute approximate surface area is 154 Å². The number of thioether (sulfide) groups is 1. The van der Waals surface area contributed by atoms with Gasteiger partial charge >= 0.3 is 5.97 Å². The summed E-state index contributed by atoms with van der Waals surface area (Å²) in [6, 6.07) is 11.1. The molecule has 0 saturated carbocycles. The predicted octanol–water partition coefficient (Wildman–Crippen LogP) is 3.52. The average Bonchev–Trinajstić information content (AvgIpc) is 2.66. The van der Waals surface area contributed by atoms with Crippen molar-refractivity contribution < 1.29 is 19.2 Å². The molecule has 0 aromatic heterocycles. The number of esters is 1. The fourth-order valence-corrected chi connectivity index (χ4v) is 3.70. The lowest BCUT2D eigenvalue weighted by atomic mass is 10.1. The number of nitrogens with zero attached hydrogens (tertiary/aromatic N) is 2. The summed E-state index contributed by atoms with van der Waals surface area (Å²) in [5.41, 5.74) is 0.518. The zero-order chi connectivity index (χ0) is 18.7. The molecule has 1 aliphatic heterocycles. The minimum absolute atomic E-state index is 0.0101. The third kappa shape index (κ3) is 3.55. The van der Waals surface area contributed by atoms with Crippen molar-refractivity contribution in [3.8, 4) is 0 Å². The van der Waals surface area contributed by atoms with Crippen LogP contribution in [0.2, 0.25) is 0 Å². The molecule has 0 unspecified atom stereocenters. The van der Waals surface area contributed by atoms with Crippen LogP contribution < -0.4 is 4.90 Å². The van der Waals surface area contributed by atoms with Crippen LogP contribution in [0.5, 0.6) is 0 Å². The topological polar surface area (TPSA) is 89.8 Å². The van der Waals surface area contributed by atoms with Gasteiger partial charge < -0.3 is 9.64 Å². The maximum atomic E-state index is 13.0. The van der Waals surface area contributed by atoms with Crippen LogP contribution in [0.1, 0.15) is 27.6 Å². The van der Waals surface area contributed by atoms with Crippen molar-refractivity contribution in [2.75, 3.05) is 23.8 Å². The second-order valence-electron chi connectivity index (χ2n) is 5.52. The highest BCUT2D eigenvalue weighted by molar-refractivity contribution is 7.99. The lowest BCUT2D eigenvalue weighted by Gasteiger charge is -2.29. The third-order valence-electron chi connectivity index (χ3n) is 3.86. The van der Waals surface area contributed by atoms with E-state index in [0.717, 1.165) is 22.4 Å². The number of para-hydroxylation sites is 1. The first kappa shape index (κ1) is 17.9. The minimum atomic E-state index is -0.695. The first-order valence-corrected chi connectivity index (χ1v) is 9.00. The van der Waals surface area contributed by atoms with Gasteiger partial charge in [-0.2, -0.15) is 0 Å². The fraction of sp³-hybridized carbons (Fsp3) is 0.222. The second-order valence-corrected chi connectivity index (χ2v) is 6.66. The van der Waals surface area contributed by atoms with Gasteiger partial charge in [-0.05, 0) is 25.1 Å². The van der Waals surface area contributed by atoms with Crippen molar-refractivity contribution in [1.29, 1.82) is 0 Å².